The molecule has 0 spiro atoms. The Morgan fingerprint density at radius 1 is 0.417 bits per heavy atom. The molecule has 5 aromatic carbocycles. The molecule has 0 aliphatic rings. The number of hydrogen-bond acceptors (Lipinski definition) is 1. The van der Waals surface area contributed by atoms with Crippen molar-refractivity contribution in [3.05, 3.63) is 152 Å². The highest BCUT2D eigenvalue weighted by Gasteiger charge is 2.51. The number of hydrogen-bond donors (Lipinski definition) is 0. The van der Waals surface area contributed by atoms with Crippen LogP contribution < -0.4 is 25.9 Å². The summed E-state index contributed by atoms with van der Waals surface area (Å²) in [5, 5.41) is 6.50. The molecule has 0 unspecified atom stereocenters. The number of benzene rings is 5. The molecule has 0 saturated heterocycles. The van der Waals surface area contributed by atoms with E-state index in [1.807, 2.05) is 0 Å². The van der Waals surface area contributed by atoms with Crippen LogP contribution in [0.4, 0.5) is 0 Å². The topological polar surface area (TPSA) is 9.23 Å². The first kappa shape index (κ1) is 24.2. The van der Waals surface area contributed by atoms with Gasteiger partial charge in [-0.2, -0.15) is 0 Å². The van der Waals surface area contributed by atoms with Crippen LogP contribution in [0.5, 0.6) is 0 Å². The molecule has 0 radical (unpaired) electrons. The van der Waals surface area contributed by atoms with Crippen molar-refractivity contribution < 1.29 is 4.12 Å². The van der Waals surface area contributed by atoms with Gasteiger partial charge in [0.1, 0.15) is 0 Å². The molecular weight excluding hydrogens is 469 g/mol. The molecule has 0 aliphatic carbocycles. The molecule has 5 rings (SSSR count). The molecule has 0 aromatic heterocycles. The summed E-state index contributed by atoms with van der Waals surface area (Å²) < 4.78 is 8.07. The molecule has 36 heavy (non-hydrogen) atoms. The van der Waals surface area contributed by atoms with Gasteiger partial charge in [-0.05, 0) is 32.0 Å². The lowest BCUT2D eigenvalue weighted by molar-refractivity contribution is 0.580. The summed E-state index contributed by atoms with van der Waals surface area (Å²) in [4.78, 5) is 0. The standard InChI is InChI=1S/C33H32OSi2/c1-2-28-35(29-18-8-3-9-19-29,30-20-10-4-11-21-30)34-36(31-22-12-5-13-23-31,32-24-14-6-15-25-32)33-26-16-7-17-27-33/h3-27H,2,28H2,1H3. The Morgan fingerprint density at radius 3 is 0.972 bits per heavy atom. The van der Waals surface area contributed by atoms with Gasteiger partial charge in [-0.3, -0.25) is 0 Å². The predicted molar refractivity (Wildman–Crippen MR) is 158 cm³/mol. The van der Waals surface area contributed by atoms with E-state index in [0.717, 1.165) is 12.5 Å². The lowest BCUT2D eigenvalue weighted by Gasteiger charge is -2.43. The second kappa shape index (κ2) is 11.0. The Bertz CT molecular complexity index is 1210. The van der Waals surface area contributed by atoms with Crippen molar-refractivity contribution in [2.75, 3.05) is 0 Å². The van der Waals surface area contributed by atoms with Crippen molar-refractivity contribution in [1.29, 1.82) is 0 Å². The van der Waals surface area contributed by atoms with Crippen LogP contribution in [-0.2, 0) is 4.12 Å². The van der Waals surface area contributed by atoms with E-state index in [1.54, 1.807) is 0 Å². The van der Waals surface area contributed by atoms with Crippen molar-refractivity contribution in [3.8, 4) is 0 Å². The van der Waals surface area contributed by atoms with Crippen LogP contribution in [0.15, 0.2) is 152 Å². The Balaban J connectivity index is 1.87. The van der Waals surface area contributed by atoms with Crippen LogP contribution in [0, 0.1) is 0 Å². The fourth-order valence-electron chi connectivity index (χ4n) is 5.35. The van der Waals surface area contributed by atoms with Gasteiger partial charge < -0.3 is 4.12 Å². The Labute approximate surface area is 217 Å². The van der Waals surface area contributed by atoms with Gasteiger partial charge in [-0.1, -0.05) is 165 Å². The average molecular weight is 501 g/mol. The maximum absolute atomic E-state index is 8.07. The molecule has 0 fully saturated rings. The molecule has 0 atom stereocenters. The summed E-state index contributed by atoms with van der Waals surface area (Å²) in [5.41, 5.74) is 0. The van der Waals surface area contributed by atoms with E-state index in [0.29, 0.717) is 0 Å². The first-order chi connectivity index (χ1) is 17.8. The van der Waals surface area contributed by atoms with E-state index in [9.17, 15) is 0 Å². The summed E-state index contributed by atoms with van der Waals surface area (Å²) >= 11 is 0. The third-order valence-corrected chi connectivity index (χ3v) is 16.7. The van der Waals surface area contributed by atoms with E-state index < -0.39 is 16.6 Å². The van der Waals surface area contributed by atoms with Gasteiger partial charge in [-0.15, -0.1) is 0 Å². The summed E-state index contributed by atoms with van der Waals surface area (Å²) in [6.07, 6.45) is 1.05. The van der Waals surface area contributed by atoms with Crippen molar-refractivity contribution in [2.24, 2.45) is 0 Å². The molecule has 0 aliphatic heterocycles. The highest BCUT2D eigenvalue weighted by Crippen LogP contribution is 2.22. The lowest BCUT2D eigenvalue weighted by Crippen LogP contribution is -2.77. The lowest BCUT2D eigenvalue weighted by atomic mass is 10.3. The summed E-state index contributed by atoms with van der Waals surface area (Å²) in [7, 11) is -5.57. The smallest absolute Gasteiger partial charge is 0.278 e. The van der Waals surface area contributed by atoms with Gasteiger partial charge in [0, 0.05) is 0 Å². The minimum atomic E-state index is -2.90. The van der Waals surface area contributed by atoms with Crippen LogP contribution in [0.2, 0.25) is 6.04 Å². The minimum Gasteiger partial charge on any atom is -0.439 e. The molecule has 0 N–H and O–H groups in total. The maximum Gasteiger partial charge on any atom is 0.278 e. The van der Waals surface area contributed by atoms with Crippen LogP contribution in [0.25, 0.3) is 0 Å². The maximum atomic E-state index is 8.07. The van der Waals surface area contributed by atoms with Crippen LogP contribution >= 0.6 is 0 Å². The second-order valence-corrected chi connectivity index (χ2v) is 16.4. The van der Waals surface area contributed by atoms with E-state index >= 15 is 0 Å². The fraction of sp³-hybridized carbons (Fsp3) is 0.0909. The van der Waals surface area contributed by atoms with E-state index in [4.69, 9.17) is 4.12 Å². The van der Waals surface area contributed by atoms with E-state index in [2.05, 4.69) is 159 Å². The molecule has 1 nitrogen and oxygen atoms in total. The van der Waals surface area contributed by atoms with Gasteiger partial charge in [0.2, 0.25) is 8.32 Å². The Morgan fingerprint density at radius 2 is 0.694 bits per heavy atom. The first-order valence-electron chi connectivity index (χ1n) is 12.8. The number of rotatable bonds is 9. The largest absolute Gasteiger partial charge is 0.439 e. The molecule has 0 heterocycles. The van der Waals surface area contributed by atoms with Gasteiger partial charge in [0.15, 0.2) is 0 Å². The van der Waals surface area contributed by atoms with Gasteiger partial charge in [-0.25, -0.2) is 0 Å². The summed E-state index contributed by atoms with van der Waals surface area (Å²) in [6, 6.07) is 55.9. The van der Waals surface area contributed by atoms with E-state index in [-0.39, 0.29) is 0 Å². The molecule has 5 aromatic rings. The van der Waals surface area contributed by atoms with Crippen molar-refractivity contribution in [3.63, 3.8) is 0 Å². The Kier molecular flexibility index (Phi) is 7.42. The van der Waals surface area contributed by atoms with Crippen LogP contribution in [-0.4, -0.2) is 16.6 Å². The highest BCUT2D eigenvalue weighted by atomic mass is 28.4. The minimum absolute atomic E-state index is 1.02. The van der Waals surface area contributed by atoms with Gasteiger partial charge in [0.05, 0.1) is 0 Å². The summed E-state index contributed by atoms with van der Waals surface area (Å²) in [5.74, 6) is 0. The SMILES string of the molecule is CCC[Si](O[Si](c1ccccc1)(c1ccccc1)c1ccccc1)(c1ccccc1)c1ccccc1. The van der Waals surface area contributed by atoms with Crippen molar-refractivity contribution in [1.82, 2.24) is 0 Å². The molecular formula is C33H32OSi2. The molecule has 0 bridgehead atoms. The van der Waals surface area contributed by atoms with Gasteiger partial charge in [0.25, 0.3) is 8.32 Å². The zero-order valence-electron chi connectivity index (χ0n) is 20.8. The fourth-order valence-corrected chi connectivity index (χ4v) is 16.3. The van der Waals surface area contributed by atoms with Crippen LogP contribution in [0.1, 0.15) is 13.3 Å². The molecule has 0 amide bonds. The van der Waals surface area contributed by atoms with E-state index in [1.165, 1.54) is 25.9 Å². The van der Waals surface area contributed by atoms with Crippen molar-refractivity contribution in [2.45, 2.75) is 19.4 Å². The third-order valence-electron chi connectivity index (χ3n) is 6.95. The first-order valence-corrected chi connectivity index (χ1v) is 16.8. The van der Waals surface area contributed by atoms with Crippen molar-refractivity contribution >= 4 is 42.6 Å². The third kappa shape index (κ3) is 4.53. The molecule has 178 valence electrons. The normalized spacial score (nSPS) is 11.8. The molecule has 3 heteroatoms. The zero-order valence-corrected chi connectivity index (χ0v) is 22.8. The molecule has 0 saturated carbocycles. The summed E-state index contributed by atoms with van der Waals surface area (Å²) in [6.45, 7) is 2.29. The van der Waals surface area contributed by atoms with Crippen LogP contribution in [0.3, 0.4) is 0 Å². The quantitative estimate of drug-likeness (QED) is 0.208. The zero-order chi connectivity index (χ0) is 24.7. The van der Waals surface area contributed by atoms with Gasteiger partial charge >= 0.3 is 0 Å². The second-order valence-electron chi connectivity index (χ2n) is 9.19. The highest BCUT2D eigenvalue weighted by molar-refractivity contribution is 7.14. The monoisotopic (exact) mass is 500 g/mol. The predicted octanol–water partition coefficient (Wildman–Crippen LogP) is 4.84. The average Bonchev–Trinajstić information content (AvgIpc) is 2.98. The Hall–Kier alpha value is -3.51.